The third-order valence-corrected chi connectivity index (χ3v) is 4.06. The van der Waals surface area contributed by atoms with Crippen molar-refractivity contribution in [2.75, 3.05) is 52.5 Å². The minimum absolute atomic E-state index is 0.580. The first-order valence-corrected chi connectivity index (χ1v) is 9.12. The molecule has 2 aromatic heterocycles. The summed E-state index contributed by atoms with van der Waals surface area (Å²) in [5.41, 5.74) is 0. The predicted octanol–water partition coefficient (Wildman–Crippen LogP) is 0.495. The summed E-state index contributed by atoms with van der Waals surface area (Å²) in [4.78, 5) is 11.5. The van der Waals surface area contributed by atoms with Gasteiger partial charge in [-0.2, -0.15) is 5.10 Å². The number of furan rings is 1. The summed E-state index contributed by atoms with van der Waals surface area (Å²) in [6.45, 7) is 8.94. The van der Waals surface area contributed by atoms with Crippen molar-refractivity contribution in [3.05, 3.63) is 24.2 Å². The highest BCUT2D eigenvalue weighted by molar-refractivity contribution is 5.79. The zero-order chi connectivity index (χ0) is 18.0. The number of guanidine groups is 1. The van der Waals surface area contributed by atoms with Gasteiger partial charge in [0.25, 0.3) is 0 Å². The van der Waals surface area contributed by atoms with Crippen LogP contribution in [-0.2, 0) is 11.2 Å². The maximum Gasteiger partial charge on any atom is 0.216 e. The monoisotopic (exact) mass is 361 g/mol. The summed E-state index contributed by atoms with van der Waals surface area (Å²) in [5, 5.41) is 13.7. The lowest BCUT2D eigenvalue weighted by molar-refractivity contribution is 0.0394. The predicted molar refractivity (Wildman–Crippen MR) is 99.0 cm³/mol. The lowest BCUT2D eigenvalue weighted by Gasteiger charge is -2.25. The number of aliphatic imine (C=N–C) groups is 1. The second-order valence-electron chi connectivity index (χ2n) is 5.97. The van der Waals surface area contributed by atoms with Crippen molar-refractivity contribution in [1.29, 1.82) is 0 Å². The van der Waals surface area contributed by atoms with E-state index in [1.54, 1.807) is 6.26 Å². The zero-order valence-electron chi connectivity index (χ0n) is 15.2. The topological polar surface area (TPSA) is 104 Å². The van der Waals surface area contributed by atoms with Crippen LogP contribution in [-0.4, -0.2) is 78.5 Å². The van der Waals surface area contributed by atoms with Gasteiger partial charge in [-0.05, 0) is 19.1 Å². The molecule has 1 saturated heterocycles. The molecule has 0 atom stereocenters. The molecule has 9 heteroatoms. The molecule has 9 nitrogen and oxygen atoms in total. The van der Waals surface area contributed by atoms with E-state index in [9.17, 15) is 0 Å². The third-order valence-electron chi connectivity index (χ3n) is 4.06. The average molecular weight is 361 g/mol. The minimum Gasteiger partial charge on any atom is -0.461 e. The normalized spacial score (nSPS) is 16.0. The minimum atomic E-state index is 0.580. The molecule has 0 radical (unpaired) electrons. The molecule has 26 heavy (non-hydrogen) atoms. The molecule has 0 amide bonds. The maximum absolute atomic E-state index is 5.36. The van der Waals surface area contributed by atoms with E-state index in [4.69, 9.17) is 9.15 Å². The van der Waals surface area contributed by atoms with Crippen LogP contribution >= 0.6 is 0 Å². The SMILES string of the molecule is CCNC(=NCCN1CCOCC1)NCCc1nc(-c2ccco2)n[nH]1. The van der Waals surface area contributed by atoms with Crippen LogP contribution in [0.5, 0.6) is 0 Å². The molecular formula is C17H27N7O2. The second kappa shape index (κ2) is 9.93. The fraction of sp³-hybridized carbons (Fsp3) is 0.588. The standard InChI is InChI=1S/C17H27N7O2/c1-2-18-17(20-7-8-24-9-12-25-13-10-24)19-6-5-15-21-16(23-22-15)14-4-3-11-26-14/h3-4,11H,2,5-10,12-13H2,1H3,(H2,18,19,20)(H,21,22,23). The van der Waals surface area contributed by atoms with Crippen LogP contribution in [0.4, 0.5) is 0 Å². The molecule has 1 fully saturated rings. The number of hydrogen-bond donors (Lipinski definition) is 3. The lowest BCUT2D eigenvalue weighted by atomic mass is 10.4. The van der Waals surface area contributed by atoms with Crippen molar-refractivity contribution < 1.29 is 9.15 Å². The Balaban J connectivity index is 1.42. The largest absolute Gasteiger partial charge is 0.461 e. The molecule has 0 unspecified atom stereocenters. The number of morpholine rings is 1. The van der Waals surface area contributed by atoms with Gasteiger partial charge in [0.1, 0.15) is 5.82 Å². The van der Waals surface area contributed by atoms with Gasteiger partial charge < -0.3 is 19.8 Å². The first-order valence-electron chi connectivity index (χ1n) is 9.12. The highest BCUT2D eigenvalue weighted by atomic mass is 16.5. The number of aromatic nitrogens is 3. The van der Waals surface area contributed by atoms with E-state index < -0.39 is 0 Å². The van der Waals surface area contributed by atoms with Crippen molar-refractivity contribution in [2.24, 2.45) is 4.99 Å². The van der Waals surface area contributed by atoms with Crippen molar-refractivity contribution in [3.63, 3.8) is 0 Å². The highest BCUT2D eigenvalue weighted by Crippen LogP contribution is 2.14. The number of hydrogen-bond acceptors (Lipinski definition) is 6. The average Bonchev–Trinajstić information content (AvgIpc) is 3.34. The van der Waals surface area contributed by atoms with Gasteiger partial charge in [-0.25, -0.2) is 4.98 Å². The van der Waals surface area contributed by atoms with Crippen LogP contribution in [0.15, 0.2) is 27.8 Å². The third kappa shape index (κ3) is 5.57. The van der Waals surface area contributed by atoms with Gasteiger partial charge >= 0.3 is 0 Å². The van der Waals surface area contributed by atoms with Gasteiger partial charge in [-0.3, -0.25) is 15.0 Å². The molecule has 3 heterocycles. The number of nitrogens with zero attached hydrogens (tertiary/aromatic N) is 4. The molecule has 0 aliphatic carbocycles. The van der Waals surface area contributed by atoms with E-state index in [1.165, 1.54) is 0 Å². The van der Waals surface area contributed by atoms with E-state index >= 15 is 0 Å². The van der Waals surface area contributed by atoms with Crippen LogP contribution in [0.2, 0.25) is 0 Å². The lowest BCUT2D eigenvalue weighted by Crippen LogP contribution is -2.40. The number of ether oxygens (including phenoxy) is 1. The summed E-state index contributed by atoms with van der Waals surface area (Å²) in [5.74, 6) is 2.88. The van der Waals surface area contributed by atoms with E-state index in [-0.39, 0.29) is 0 Å². The van der Waals surface area contributed by atoms with E-state index in [0.717, 1.165) is 70.7 Å². The molecule has 142 valence electrons. The van der Waals surface area contributed by atoms with Crippen molar-refractivity contribution in [1.82, 2.24) is 30.7 Å². The van der Waals surface area contributed by atoms with Gasteiger partial charge in [0.2, 0.25) is 5.82 Å². The van der Waals surface area contributed by atoms with E-state index in [2.05, 4.69) is 42.6 Å². The molecule has 0 spiro atoms. The fourth-order valence-electron chi connectivity index (χ4n) is 2.69. The Morgan fingerprint density at radius 1 is 1.35 bits per heavy atom. The van der Waals surface area contributed by atoms with Crippen LogP contribution in [0.1, 0.15) is 12.7 Å². The quantitative estimate of drug-likeness (QED) is 0.464. The fourth-order valence-corrected chi connectivity index (χ4v) is 2.69. The van der Waals surface area contributed by atoms with Crippen LogP contribution < -0.4 is 10.6 Å². The smallest absolute Gasteiger partial charge is 0.216 e. The molecule has 0 aromatic carbocycles. The Morgan fingerprint density at radius 2 is 2.23 bits per heavy atom. The number of aromatic amines is 1. The summed E-state index contributed by atoms with van der Waals surface area (Å²) >= 11 is 0. The zero-order valence-corrected chi connectivity index (χ0v) is 15.2. The van der Waals surface area contributed by atoms with Gasteiger partial charge in [0, 0.05) is 39.1 Å². The Hall–Kier alpha value is -2.39. The second-order valence-corrected chi connectivity index (χ2v) is 5.97. The number of H-pyrrole nitrogens is 1. The van der Waals surface area contributed by atoms with Gasteiger partial charge in [0.05, 0.1) is 26.0 Å². The summed E-state index contributed by atoms with van der Waals surface area (Å²) in [6.07, 6.45) is 2.34. The Morgan fingerprint density at radius 3 is 3.00 bits per heavy atom. The first kappa shape index (κ1) is 18.4. The highest BCUT2D eigenvalue weighted by Gasteiger charge is 2.10. The van der Waals surface area contributed by atoms with Crippen molar-refractivity contribution in [3.8, 4) is 11.6 Å². The van der Waals surface area contributed by atoms with Crippen LogP contribution in [0.25, 0.3) is 11.6 Å². The molecule has 1 aliphatic rings. The Bertz CT molecular complexity index is 662. The molecule has 3 N–H and O–H groups in total. The van der Waals surface area contributed by atoms with Crippen LogP contribution in [0, 0.1) is 0 Å². The summed E-state index contributed by atoms with van der Waals surface area (Å²) < 4.78 is 10.7. The van der Waals surface area contributed by atoms with E-state index in [0.29, 0.717) is 11.6 Å². The van der Waals surface area contributed by atoms with Gasteiger partial charge in [-0.1, -0.05) is 0 Å². The van der Waals surface area contributed by atoms with Gasteiger partial charge in [-0.15, -0.1) is 0 Å². The Labute approximate surface area is 153 Å². The molecule has 0 bridgehead atoms. The molecule has 2 aromatic rings. The van der Waals surface area contributed by atoms with Gasteiger partial charge in [0.15, 0.2) is 11.7 Å². The molecule has 0 saturated carbocycles. The van der Waals surface area contributed by atoms with Crippen LogP contribution in [0.3, 0.4) is 0 Å². The molecule has 3 rings (SSSR count). The summed E-state index contributed by atoms with van der Waals surface area (Å²) in [6, 6.07) is 3.67. The van der Waals surface area contributed by atoms with E-state index in [1.807, 2.05) is 12.1 Å². The first-order chi connectivity index (χ1) is 12.8. The van der Waals surface area contributed by atoms with Crippen molar-refractivity contribution in [2.45, 2.75) is 13.3 Å². The molecular weight excluding hydrogens is 334 g/mol. The maximum atomic E-state index is 5.36. The number of rotatable bonds is 8. The summed E-state index contributed by atoms with van der Waals surface area (Å²) in [7, 11) is 0. The van der Waals surface area contributed by atoms with Crippen molar-refractivity contribution >= 4 is 5.96 Å². The Kier molecular flexibility index (Phi) is 7.03. The number of nitrogens with one attached hydrogen (secondary N) is 3. The molecule has 1 aliphatic heterocycles.